The predicted octanol–water partition coefficient (Wildman–Crippen LogP) is 3.97. The molecule has 0 spiro atoms. The third-order valence-electron chi connectivity index (χ3n) is 4.70. The molecule has 1 amide bonds. The quantitative estimate of drug-likeness (QED) is 0.597. The molecule has 0 saturated carbocycles. The van der Waals surface area contributed by atoms with Crippen LogP contribution < -0.4 is 5.32 Å². The Morgan fingerprint density at radius 3 is 2.65 bits per heavy atom. The van der Waals surface area contributed by atoms with E-state index in [0.29, 0.717) is 10.8 Å². The average molecular weight is 365 g/mol. The van der Waals surface area contributed by atoms with E-state index in [9.17, 15) is 4.79 Å². The third kappa shape index (κ3) is 2.70. The molecule has 0 aromatic carbocycles. The van der Waals surface area contributed by atoms with Gasteiger partial charge < -0.3 is 8.97 Å². The van der Waals surface area contributed by atoms with E-state index in [1.807, 2.05) is 42.0 Å². The number of imidazole rings is 1. The average Bonchev–Trinajstić information content (AvgIpc) is 3.30. The number of hydrogen-bond donors (Lipinski definition) is 1. The van der Waals surface area contributed by atoms with Gasteiger partial charge in [0, 0.05) is 41.3 Å². The van der Waals surface area contributed by atoms with Crippen LogP contribution in [0.5, 0.6) is 0 Å². The summed E-state index contributed by atoms with van der Waals surface area (Å²) < 4.78 is 4.03. The van der Waals surface area contributed by atoms with Gasteiger partial charge in [-0.05, 0) is 39.0 Å². The smallest absolute Gasteiger partial charge is 0.277 e. The van der Waals surface area contributed by atoms with E-state index < -0.39 is 0 Å². The van der Waals surface area contributed by atoms with Crippen molar-refractivity contribution >= 4 is 28.0 Å². The van der Waals surface area contributed by atoms with Crippen molar-refractivity contribution in [2.24, 2.45) is 7.05 Å². The molecule has 4 aromatic heterocycles. The van der Waals surface area contributed by atoms with Gasteiger partial charge >= 0.3 is 0 Å². The minimum atomic E-state index is -0.255. The summed E-state index contributed by atoms with van der Waals surface area (Å²) in [4.78, 5) is 21.5. The number of carbonyl (C=O) groups is 1. The summed E-state index contributed by atoms with van der Waals surface area (Å²) in [5, 5.41) is 5.39. The first-order chi connectivity index (χ1) is 12.4. The lowest BCUT2D eigenvalue weighted by Gasteiger charge is -2.00. The van der Waals surface area contributed by atoms with Gasteiger partial charge in [0.15, 0.2) is 5.13 Å². The van der Waals surface area contributed by atoms with E-state index >= 15 is 0 Å². The minimum Gasteiger partial charge on any atom is -0.351 e. The molecule has 0 radical (unpaired) electrons. The zero-order valence-electron chi connectivity index (χ0n) is 15.1. The molecular weight excluding hydrogens is 346 g/mol. The predicted molar refractivity (Wildman–Crippen MR) is 104 cm³/mol. The first-order valence-electron chi connectivity index (χ1n) is 8.29. The third-order valence-corrected chi connectivity index (χ3v) is 5.46. The number of aromatic nitrogens is 4. The first kappa shape index (κ1) is 16.5. The summed E-state index contributed by atoms with van der Waals surface area (Å²) in [5.41, 5.74) is 6.45. The van der Waals surface area contributed by atoms with E-state index in [-0.39, 0.29) is 5.91 Å². The molecule has 4 heterocycles. The maximum absolute atomic E-state index is 12.5. The van der Waals surface area contributed by atoms with Crippen molar-refractivity contribution in [1.82, 2.24) is 18.9 Å². The Morgan fingerprint density at radius 1 is 1.15 bits per heavy atom. The second-order valence-corrected chi connectivity index (χ2v) is 7.22. The SMILES string of the molecule is Cc1cc(-c2csc(NC(=O)c3cn4c(C)cccc4n3)n2)c(C)n1C. The Labute approximate surface area is 155 Å². The molecule has 0 unspecified atom stereocenters. The fraction of sp³-hybridized carbons (Fsp3) is 0.211. The number of fused-ring (bicyclic) bond motifs is 1. The highest BCUT2D eigenvalue weighted by atomic mass is 32.1. The molecule has 1 N–H and O–H groups in total. The monoisotopic (exact) mass is 365 g/mol. The van der Waals surface area contributed by atoms with Crippen LogP contribution in [0.25, 0.3) is 16.9 Å². The standard InChI is InChI=1S/C19H19N5OS/c1-11-6-5-7-17-20-15(9-24(11)17)18(25)22-19-21-16(10-26-19)14-8-12(2)23(4)13(14)3/h5-10H,1-4H3,(H,21,22,25). The molecule has 0 atom stereocenters. The number of rotatable bonds is 3. The van der Waals surface area contributed by atoms with Gasteiger partial charge in [0.25, 0.3) is 5.91 Å². The number of carbonyl (C=O) groups excluding carboxylic acids is 1. The van der Waals surface area contributed by atoms with Crippen molar-refractivity contribution in [1.29, 1.82) is 0 Å². The van der Waals surface area contributed by atoms with Gasteiger partial charge in [-0.2, -0.15) is 0 Å². The molecule has 0 saturated heterocycles. The fourth-order valence-electron chi connectivity index (χ4n) is 2.99. The topological polar surface area (TPSA) is 64.2 Å². The number of thiazole rings is 1. The zero-order chi connectivity index (χ0) is 18.4. The van der Waals surface area contributed by atoms with Crippen LogP contribution >= 0.6 is 11.3 Å². The van der Waals surface area contributed by atoms with Crippen molar-refractivity contribution in [2.45, 2.75) is 20.8 Å². The van der Waals surface area contributed by atoms with Crippen LogP contribution in [0.2, 0.25) is 0 Å². The highest BCUT2D eigenvalue weighted by molar-refractivity contribution is 7.14. The van der Waals surface area contributed by atoms with Gasteiger partial charge in [-0.15, -0.1) is 11.3 Å². The van der Waals surface area contributed by atoms with Crippen molar-refractivity contribution < 1.29 is 4.79 Å². The maximum Gasteiger partial charge on any atom is 0.277 e. The number of pyridine rings is 1. The van der Waals surface area contributed by atoms with Gasteiger partial charge in [-0.1, -0.05) is 6.07 Å². The van der Waals surface area contributed by atoms with E-state index in [2.05, 4.69) is 39.8 Å². The van der Waals surface area contributed by atoms with Gasteiger partial charge in [0.2, 0.25) is 0 Å². The molecule has 6 nitrogen and oxygen atoms in total. The summed E-state index contributed by atoms with van der Waals surface area (Å²) in [6.07, 6.45) is 1.75. The Morgan fingerprint density at radius 2 is 1.96 bits per heavy atom. The largest absolute Gasteiger partial charge is 0.351 e. The molecular formula is C19H19N5OS. The van der Waals surface area contributed by atoms with Crippen LogP contribution in [0.1, 0.15) is 27.6 Å². The van der Waals surface area contributed by atoms with Crippen LogP contribution in [0.3, 0.4) is 0 Å². The molecule has 26 heavy (non-hydrogen) atoms. The lowest BCUT2D eigenvalue weighted by Crippen LogP contribution is -2.12. The molecule has 4 aromatic rings. The lowest BCUT2D eigenvalue weighted by molar-refractivity contribution is 0.102. The van der Waals surface area contributed by atoms with E-state index in [1.165, 1.54) is 17.0 Å². The molecule has 0 aliphatic rings. The first-order valence-corrected chi connectivity index (χ1v) is 9.17. The minimum absolute atomic E-state index is 0.255. The summed E-state index contributed by atoms with van der Waals surface area (Å²) in [6, 6.07) is 7.90. The van der Waals surface area contributed by atoms with Crippen LogP contribution in [-0.2, 0) is 7.05 Å². The fourth-order valence-corrected chi connectivity index (χ4v) is 3.69. The number of amides is 1. The van der Waals surface area contributed by atoms with Crippen LogP contribution in [0.4, 0.5) is 5.13 Å². The van der Waals surface area contributed by atoms with Crippen molar-refractivity contribution in [2.75, 3.05) is 5.32 Å². The molecule has 0 aliphatic heterocycles. The number of nitrogens with one attached hydrogen (secondary N) is 1. The number of aryl methyl sites for hydroxylation is 2. The van der Waals surface area contributed by atoms with Crippen molar-refractivity contribution in [3.8, 4) is 11.3 Å². The van der Waals surface area contributed by atoms with Gasteiger partial charge in [-0.25, -0.2) is 9.97 Å². The highest BCUT2D eigenvalue weighted by Gasteiger charge is 2.16. The van der Waals surface area contributed by atoms with E-state index in [4.69, 9.17) is 0 Å². The zero-order valence-corrected chi connectivity index (χ0v) is 15.9. The van der Waals surface area contributed by atoms with Gasteiger partial charge in [0.05, 0.1) is 5.69 Å². The number of hydrogen-bond acceptors (Lipinski definition) is 4. The van der Waals surface area contributed by atoms with Crippen molar-refractivity contribution in [3.63, 3.8) is 0 Å². The maximum atomic E-state index is 12.5. The summed E-state index contributed by atoms with van der Waals surface area (Å²) in [7, 11) is 2.04. The van der Waals surface area contributed by atoms with Crippen LogP contribution in [0.15, 0.2) is 35.8 Å². The summed E-state index contributed by atoms with van der Waals surface area (Å²) in [5.74, 6) is -0.255. The molecule has 132 valence electrons. The van der Waals surface area contributed by atoms with Crippen molar-refractivity contribution in [3.05, 3.63) is 58.6 Å². The molecule has 0 fully saturated rings. The Bertz CT molecular complexity index is 1130. The van der Waals surface area contributed by atoms with Crippen LogP contribution in [0, 0.1) is 20.8 Å². The molecule has 4 rings (SSSR count). The molecule has 0 bridgehead atoms. The Balaban J connectivity index is 1.59. The summed E-state index contributed by atoms with van der Waals surface area (Å²) in [6.45, 7) is 6.11. The molecule has 0 aliphatic carbocycles. The number of nitrogens with zero attached hydrogens (tertiary/aromatic N) is 4. The van der Waals surface area contributed by atoms with Gasteiger partial charge in [0.1, 0.15) is 11.3 Å². The second kappa shape index (κ2) is 6.10. The highest BCUT2D eigenvalue weighted by Crippen LogP contribution is 2.29. The second-order valence-electron chi connectivity index (χ2n) is 6.36. The summed E-state index contributed by atoms with van der Waals surface area (Å²) >= 11 is 1.41. The number of anilines is 1. The Kier molecular flexibility index (Phi) is 3.88. The Hall–Kier alpha value is -2.93. The lowest BCUT2D eigenvalue weighted by atomic mass is 10.2. The van der Waals surface area contributed by atoms with E-state index in [1.54, 1.807) is 6.20 Å². The molecule has 7 heteroatoms. The van der Waals surface area contributed by atoms with E-state index in [0.717, 1.165) is 28.3 Å². The normalized spacial score (nSPS) is 11.2. The van der Waals surface area contributed by atoms with Gasteiger partial charge in [-0.3, -0.25) is 10.1 Å². The van der Waals surface area contributed by atoms with Crippen LogP contribution in [-0.4, -0.2) is 24.8 Å².